The summed E-state index contributed by atoms with van der Waals surface area (Å²) < 4.78 is 26.8. The average molecular weight is 402 g/mol. The molecule has 0 spiro atoms. The fourth-order valence-electron chi connectivity index (χ4n) is 3.17. The number of phenolic OH excluding ortho intramolecular Hbond substituents is 3. The average Bonchev–Trinajstić information content (AvgIpc) is 2.95. The van der Waals surface area contributed by atoms with Gasteiger partial charge >= 0.3 is 0 Å². The summed E-state index contributed by atoms with van der Waals surface area (Å²) in [4.78, 5) is 0. The molecular formula is C17H18BrF2NO3. The van der Waals surface area contributed by atoms with Crippen LogP contribution >= 0.6 is 17.0 Å². The number of nitrogens with one attached hydrogen (secondary N) is 1. The molecule has 2 atom stereocenters. The molecule has 2 aromatic carbocycles. The largest absolute Gasteiger partial charge is 0.505 e. The van der Waals surface area contributed by atoms with Crippen molar-refractivity contribution < 1.29 is 24.1 Å². The van der Waals surface area contributed by atoms with E-state index >= 15 is 0 Å². The number of hydrogen-bond acceptors (Lipinski definition) is 4. The summed E-state index contributed by atoms with van der Waals surface area (Å²) in [6.45, 7) is 1.28. The Morgan fingerprint density at radius 1 is 1.00 bits per heavy atom. The monoisotopic (exact) mass is 401 g/mol. The first-order chi connectivity index (χ1) is 11.0. The lowest BCUT2D eigenvalue weighted by atomic mass is 9.84. The Balaban J connectivity index is 0.00000208. The van der Waals surface area contributed by atoms with Gasteiger partial charge in [-0.2, -0.15) is 0 Å². The lowest BCUT2D eigenvalue weighted by Crippen LogP contribution is -2.14. The van der Waals surface area contributed by atoms with Crippen LogP contribution in [0.25, 0.3) is 0 Å². The highest BCUT2D eigenvalue weighted by molar-refractivity contribution is 8.93. The fraction of sp³-hybridized carbons (Fsp3) is 0.294. The van der Waals surface area contributed by atoms with Gasteiger partial charge in [0.1, 0.15) is 5.82 Å². The van der Waals surface area contributed by atoms with E-state index < -0.39 is 17.4 Å². The molecule has 130 valence electrons. The van der Waals surface area contributed by atoms with Crippen molar-refractivity contribution in [3.63, 3.8) is 0 Å². The summed E-state index contributed by atoms with van der Waals surface area (Å²) in [5.41, 5.74) is 1.05. The molecule has 1 saturated heterocycles. The van der Waals surface area contributed by atoms with Gasteiger partial charge in [0.15, 0.2) is 23.1 Å². The number of hydrogen-bond donors (Lipinski definition) is 4. The van der Waals surface area contributed by atoms with Crippen LogP contribution in [-0.2, 0) is 6.42 Å². The number of benzene rings is 2. The molecule has 0 saturated carbocycles. The van der Waals surface area contributed by atoms with E-state index in [0.717, 1.165) is 11.6 Å². The van der Waals surface area contributed by atoms with Crippen LogP contribution in [0.15, 0.2) is 30.3 Å². The van der Waals surface area contributed by atoms with Crippen molar-refractivity contribution in [1.82, 2.24) is 5.32 Å². The van der Waals surface area contributed by atoms with Crippen LogP contribution in [0.2, 0.25) is 0 Å². The molecule has 1 heterocycles. The number of aromatic hydroxyl groups is 3. The predicted octanol–water partition coefficient (Wildman–Crippen LogP) is 3.21. The lowest BCUT2D eigenvalue weighted by molar-refractivity contribution is 0.400. The van der Waals surface area contributed by atoms with Crippen molar-refractivity contribution in [2.45, 2.75) is 12.3 Å². The third-order valence-corrected chi connectivity index (χ3v) is 4.36. The summed E-state index contributed by atoms with van der Waals surface area (Å²) in [5, 5.41) is 32.0. The third-order valence-electron chi connectivity index (χ3n) is 4.36. The van der Waals surface area contributed by atoms with Gasteiger partial charge in [0.05, 0.1) is 0 Å². The van der Waals surface area contributed by atoms with Gasteiger partial charge in [-0.15, -0.1) is 17.0 Å². The molecule has 0 aromatic heterocycles. The van der Waals surface area contributed by atoms with Gasteiger partial charge in [-0.3, -0.25) is 0 Å². The second kappa shape index (κ2) is 7.36. The van der Waals surface area contributed by atoms with Crippen LogP contribution in [-0.4, -0.2) is 28.4 Å². The molecule has 1 aliphatic heterocycles. The highest BCUT2D eigenvalue weighted by Gasteiger charge is 2.30. The van der Waals surface area contributed by atoms with Crippen LogP contribution in [0.3, 0.4) is 0 Å². The van der Waals surface area contributed by atoms with Crippen LogP contribution in [0, 0.1) is 17.6 Å². The molecule has 2 aromatic rings. The SMILES string of the molecule is Br.Oc1ccc([C@H]2CNC[C@@H]2Cc2cc(F)cc(F)c2O)cc1O. The highest BCUT2D eigenvalue weighted by Crippen LogP contribution is 2.36. The molecule has 0 bridgehead atoms. The normalized spacial score (nSPS) is 19.9. The Bertz CT molecular complexity index is 742. The summed E-state index contributed by atoms with van der Waals surface area (Å²) in [6.07, 6.45) is 0.305. The second-order valence-electron chi connectivity index (χ2n) is 5.87. The molecular weight excluding hydrogens is 384 g/mol. The van der Waals surface area contributed by atoms with Crippen LogP contribution in [0.5, 0.6) is 17.2 Å². The van der Waals surface area contributed by atoms with Crippen LogP contribution < -0.4 is 5.32 Å². The predicted molar refractivity (Wildman–Crippen MR) is 90.9 cm³/mol. The minimum Gasteiger partial charge on any atom is -0.505 e. The van der Waals surface area contributed by atoms with Crippen molar-refractivity contribution in [2.75, 3.05) is 13.1 Å². The Labute approximate surface area is 148 Å². The van der Waals surface area contributed by atoms with Crippen molar-refractivity contribution in [3.05, 3.63) is 53.1 Å². The Morgan fingerprint density at radius 3 is 2.46 bits per heavy atom. The minimum absolute atomic E-state index is 0. The van der Waals surface area contributed by atoms with E-state index in [-0.39, 0.29) is 45.9 Å². The van der Waals surface area contributed by atoms with E-state index in [1.54, 1.807) is 6.07 Å². The smallest absolute Gasteiger partial charge is 0.168 e. The number of halogens is 3. The van der Waals surface area contributed by atoms with E-state index in [1.165, 1.54) is 12.1 Å². The first kappa shape index (κ1) is 18.5. The van der Waals surface area contributed by atoms with Gasteiger partial charge in [0.25, 0.3) is 0 Å². The topological polar surface area (TPSA) is 72.7 Å². The minimum atomic E-state index is -0.968. The Hall–Kier alpha value is -1.86. The molecule has 7 heteroatoms. The van der Waals surface area contributed by atoms with E-state index in [1.807, 2.05) is 0 Å². The first-order valence-corrected chi connectivity index (χ1v) is 7.35. The Kier molecular flexibility index (Phi) is 5.66. The summed E-state index contributed by atoms with van der Waals surface area (Å²) in [7, 11) is 0. The van der Waals surface area contributed by atoms with E-state index in [2.05, 4.69) is 5.32 Å². The van der Waals surface area contributed by atoms with Gasteiger partial charge in [0, 0.05) is 24.1 Å². The maximum absolute atomic E-state index is 13.5. The first-order valence-electron chi connectivity index (χ1n) is 7.35. The van der Waals surface area contributed by atoms with Gasteiger partial charge < -0.3 is 20.6 Å². The van der Waals surface area contributed by atoms with Crippen molar-refractivity contribution in [1.29, 1.82) is 0 Å². The summed E-state index contributed by atoms with van der Waals surface area (Å²) in [6, 6.07) is 6.42. The van der Waals surface area contributed by atoms with Gasteiger partial charge in [-0.05, 0) is 42.6 Å². The van der Waals surface area contributed by atoms with Gasteiger partial charge in [-0.1, -0.05) is 6.07 Å². The zero-order valence-corrected chi connectivity index (χ0v) is 14.4. The zero-order chi connectivity index (χ0) is 16.6. The van der Waals surface area contributed by atoms with Crippen LogP contribution in [0.1, 0.15) is 17.0 Å². The molecule has 0 aliphatic carbocycles. The molecule has 24 heavy (non-hydrogen) atoms. The summed E-state index contributed by atoms with van der Waals surface area (Å²) >= 11 is 0. The molecule has 3 rings (SSSR count). The van der Waals surface area contributed by atoms with Crippen molar-refractivity contribution >= 4 is 17.0 Å². The van der Waals surface area contributed by atoms with Crippen LogP contribution in [0.4, 0.5) is 8.78 Å². The quantitative estimate of drug-likeness (QED) is 0.595. The van der Waals surface area contributed by atoms with Gasteiger partial charge in [-0.25, -0.2) is 8.78 Å². The third kappa shape index (κ3) is 3.62. The molecule has 0 amide bonds. The Morgan fingerprint density at radius 2 is 1.75 bits per heavy atom. The molecule has 0 radical (unpaired) electrons. The lowest BCUT2D eigenvalue weighted by Gasteiger charge is -2.20. The van der Waals surface area contributed by atoms with Crippen molar-refractivity contribution in [3.8, 4) is 17.2 Å². The second-order valence-corrected chi connectivity index (χ2v) is 5.87. The summed E-state index contributed by atoms with van der Waals surface area (Å²) in [5.74, 6) is -2.59. The van der Waals surface area contributed by atoms with Crippen molar-refractivity contribution in [2.24, 2.45) is 5.92 Å². The van der Waals surface area contributed by atoms with E-state index in [0.29, 0.717) is 25.6 Å². The zero-order valence-electron chi connectivity index (χ0n) is 12.7. The fourth-order valence-corrected chi connectivity index (χ4v) is 3.17. The maximum Gasteiger partial charge on any atom is 0.168 e. The number of phenols is 3. The van der Waals surface area contributed by atoms with E-state index in [9.17, 15) is 24.1 Å². The maximum atomic E-state index is 13.5. The highest BCUT2D eigenvalue weighted by atomic mass is 79.9. The molecule has 4 N–H and O–H groups in total. The molecule has 4 nitrogen and oxygen atoms in total. The van der Waals surface area contributed by atoms with Gasteiger partial charge in [0.2, 0.25) is 0 Å². The van der Waals surface area contributed by atoms with E-state index in [4.69, 9.17) is 0 Å². The molecule has 1 fully saturated rings. The molecule has 1 aliphatic rings. The standard InChI is InChI=1S/C17H17F2NO3.BrH/c18-12-4-10(17(23)14(19)6-12)3-11-7-20-8-13(11)9-1-2-15(21)16(22)5-9;/h1-2,4-6,11,13,20-23H,3,7-8H2;1H/t11-,13+;/m0./s1. The molecule has 0 unspecified atom stereocenters. The number of rotatable bonds is 3.